The zero-order chi connectivity index (χ0) is 21.3. The van der Waals surface area contributed by atoms with E-state index in [1.807, 2.05) is 39.0 Å². The first-order valence-electron chi connectivity index (χ1n) is 10.1. The molecule has 3 aromatic rings. The van der Waals surface area contributed by atoms with Gasteiger partial charge in [0.2, 0.25) is 5.91 Å². The van der Waals surface area contributed by atoms with Gasteiger partial charge in [-0.2, -0.15) is 5.10 Å². The zero-order valence-corrected chi connectivity index (χ0v) is 17.6. The fourth-order valence-electron chi connectivity index (χ4n) is 3.77. The molecule has 1 saturated heterocycles. The molecule has 1 fully saturated rings. The number of anilines is 1. The van der Waals surface area contributed by atoms with E-state index in [2.05, 4.69) is 25.3 Å². The Morgan fingerprint density at radius 1 is 1.27 bits per heavy atom. The summed E-state index contributed by atoms with van der Waals surface area (Å²) in [5.41, 5.74) is 7.57. The maximum absolute atomic E-state index is 12.6. The number of carbonyl (C=O) groups excluding carboxylic acids is 1. The highest BCUT2D eigenvalue weighted by atomic mass is 16.3. The van der Waals surface area contributed by atoms with Crippen LogP contribution in [0.1, 0.15) is 23.6 Å². The van der Waals surface area contributed by atoms with Crippen molar-refractivity contribution < 1.29 is 9.21 Å². The summed E-state index contributed by atoms with van der Waals surface area (Å²) in [6.45, 7) is 8.44. The van der Waals surface area contributed by atoms with Crippen LogP contribution in [-0.2, 0) is 4.79 Å². The SMILES string of the molecule is Cc1cc(C)n(-c2cc(NC(=O)CN3CC[C@H](CN)C3)nc(-c3ccc(C)o3)n2)n1. The van der Waals surface area contributed by atoms with Crippen LogP contribution in [0.4, 0.5) is 5.82 Å². The highest BCUT2D eigenvalue weighted by molar-refractivity contribution is 5.91. The predicted molar refractivity (Wildman–Crippen MR) is 113 cm³/mol. The van der Waals surface area contributed by atoms with Gasteiger partial charge < -0.3 is 15.5 Å². The minimum atomic E-state index is -0.118. The predicted octanol–water partition coefficient (Wildman–Crippen LogP) is 2.07. The molecule has 9 nitrogen and oxygen atoms in total. The number of aromatic nitrogens is 4. The Morgan fingerprint density at radius 3 is 2.73 bits per heavy atom. The third kappa shape index (κ3) is 4.42. The molecule has 3 aromatic heterocycles. The van der Waals surface area contributed by atoms with E-state index in [9.17, 15) is 4.79 Å². The summed E-state index contributed by atoms with van der Waals surface area (Å²) in [5.74, 6) is 3.02. The van der Waals surface area contributed by atoms with Crippen LogP contribution >= 0.6 is 0 Å². The molecule has 0 radical (unpaired) electrons. The molecule has 0 unspecified atom stereocenters. The smallest absolute Gasteiger partial charge is 0.239 e. The summed E-state index contributed by atoms with van der Waals surface area (Å²) < 4.78 is 7.43. The van der Waals surface area contributed by atoms with Crippen molar-refractivity contribution in [1.82, 2.24) is 24.6 Å². The van der Waals surface area contributed by atoms with Gasteiger partial charge in [0, 0.05) is 18.3 Å². The lowest BCUT2D eigenvalue weighted by Gasteiger charge is -2.15. The summed E-state index contributed by atoms with van der Waals surface area (Å²) in [5, 5.41) is 7.41. The van der Waals surface area contributed by atoms with Crippen molar-refractivity contribution in [2.24, 2.45) is 11.7 Å². The first-order valence-corrected chi connectivity index (χ1v) is 10.1. The van der Waals surface area contributed by atoms with E-state index in [-0.39, 0.29) is 5.91 Å². The lowest BCUT2D eigenvalue weighted by atomic mass is 10.1. The summed E-state index contributed by atoms with van der Waals surface area (Å²) >= 11 is 0. The summed E-state index contributed by atoms with van der Waals surface area (Å²) in [6.07, 6.45) is 1.03. The van der Waals surface area contributed by atoms with E-state index >= 15 is 0 Å². The Kier molecular flexibility index (Phi) is 5.65. The molecule has 1 aliphatic rings. The van der Waals surface area contributed by atoms with Gasteiger partial charge in [-0.3, -0.25) is 9.69 Å². The molecule has 0 spiro atoms. The Hall–Kier alpha value is -3.04. The summed E-state index contributed by atoms with van der Waals surface area (Å²) in [7, 11) is 0. The van der Waals surface area contributed by atoms with E-state index in [4.69, 9.17) is 10.2 Å². The van der Waals surface area contributed by atoms with Crippen molar-refractivity contribution in [2.45, 2.75) is 27.2 Å². The molecule has 3 N–H and O–H groups in total. The third-order valence-electron chi connectivity index (χ3n) is 5.24. The highest BCUT2D eigenvalue weighted by Crippen LogP contribution is 2.23. The minimum absolute atomic E-state index is 0.118. The highest BCUT2D eigenvalue weighted by Gasteiger charge is 2.23. The number of nitrogens with one attached hydrogen (secondary N) is 1. The fraction of sp³-hybridized carbons (Fsp3) is 0.429. The number of likely N-dealkylation sites (tertiary alicyclic amines) is 1. The molecule has 0 aliphatic carbocycles. The molecule has 4 rings (SSSR count). The van der Waals surface area contributed by atoms with Gasteiger partial charge in [0.1, 0.15) is 11.6 Å². The fourth-order valence-corrected chi connectivity index (χ4v) is 3.77. The number of rotatable bonds is 6. The number of aryl methyl sites for hydroxylation is 3. The number of nitrogens with zero attached hydrogens (tertiary/aromatic N) is 5. The molecule has 0 bridgehead atoms. The first-order chi connectivity index (χ1) is 14.4. The average molecular weight is 409 g/mol. The molecule has 1 aliphatic heterocycles. The van der Waals surface area contributed by atoms with Gasteiger partial charge in [0.15, 0.2) is 17.4 Å². The maximum atomic E-state index is 12.6. The molecule has 4 heterocycles. The van der Waals surface area contributed by atoms with Gasteiger partial charge in [0.05, 0.1) is 12.2 Å². The summed E-state index contributed by atoms with van der Waals surface area (Å²) in [6, 6.07) is 7.37. The van der Waals surface area contributed by atoms with E-state index in [1.54, 1.807) is 10.7 Å². The second-order valence-corrected chi connectivity index (χ2v) is 7.86. The van der Waals surface area contributed by atoms with Gasteiger partial charge in [-0.25, -0.2) is 14.6 Å². The maximum Gasteiger partial charge on any atom is 0.239 e. The number of furan rings is 1. The van der Waals surface area contributed by atoms with E-state index in [1.165, 1.54) is 0 Å². The van der Waals surface area contributed by atoms with E-state index in [0.29, 0.717) is 42.2 Å². The van der Waals surface area contributed by atoms with E-state index in [0.717, 1.165) is 36.7 Å². The van der Waals surface area contributed by atoms with Gasteiger partial charge in [0.25, 0.3) is 0 Å². The van der Waals surface area contributed by atoms with Gasteiger partial charge in [-0.1, -0.05) is 0 Å². The van der Waals surface area contributed by atoms with Gasteiger partial charge >= 0.3 is 0 Å². The van der Waals surface area contributed by atoms with Crippen molar-refractivity contribution in [3.63, 3.8) is 0 Å². The van der Waals surface area contributed by atoms with Gasteiger partial charge in [-0.05, 0) is 64.4 Å². The molecule has 30 heavy (non-hydrogen) atoms. The third-order valence-corrected chi connectivity index (χ3v) is 5.24. The van der Waals surface area contributed by atoms with Crippen molar-refractivity contribution >= 4 is 11.7 Å². The molecule has 1 amide bonds. The molecular weight excluding hydrogens is 382 g/mol. The number of nitrogens with two attached hydrogens (primary N) is 1. The molecule has 158 valence electrons. The lowest BCUT2D eigenvalue weighted by molar-refractivity contribution is -0.117. The second kappa shape index (κ2) is 8.37. The molecule has 9 heteroatoms. The largest absolute Gasteiger partial charge is 0.458 e. The van der Waals surface area contributed by atoms with Crippen molar-refractivity contribution in [1.29, 1.82) is 0 Å². The van der Waals surface area contributed by atoms with Crippen LogP contribution in [0.15, 0.2) is 28.7 Å². The van der Waals surface area contributed by atoms with E-state index < -0.39 is 0 Å². The Labute approximate surface area is 175 Å². The Morgan fingerprint density at radius 2 is 2.10 bits per heavy atom. The normalized spacial score (nSPS) is 16.9. The summed E-state index contributed by atoms with van der Waals surface area (Å²) in [4.78, 5) is 23.9. The second-order valence-electron chi connectivity index (χ2n) is 7.86. The molecule has 0 saturated carbocycles. The van der Waals surface area contributed by atoms with Crippen LogP contribution in [0, 0.1) is 26.7 Å². The van der Waals surface area contributed by atoms with Crippen LogP contribution in [0.25, 0.3) is 17.4 Å². The lowest BCUT2D eigenvalue weighted by Crippen LogP contribution is -2.32. The van der Waals surface area contributed by atoms with Crippen molar-refractivity contribution in [3.8, 4) is 17.4 Å². The number of hydrogen-bond acceptors (Lipinski definition) is 7. The van der Waals surface area contributed by atoms with Gasteiger partial charge in [-0.15, -0.1) is 0 Å². The minimum Gasteiger partial charge on any atom is -0.458 e. The first kappa shape index (κ1) is 20.2. The van der Waals surface area contributed by atoms with Crippen LogP contribution < -0.4 is 11.1 Å². The topological polar surface area (TPSA) is 115 Å². The Balaban J connectivity index is 1.61. The molecule has 1 atom stereocenters. The van der Waals surface area contributed by atoms with Crippen molar-refractivity contribution in [2.75, 3.05) is 31.5 Å². The average Bonchev–Trinajstić information content (AvgIpc) is 3.41. The quantitative estimate of drug-likeness (QED) is 0.640. The Bertz CT molecular complexity index is 1060. The zero-order valence-electron chi connectivity index (χ0n) is 17.6. The van der Waals surface area contributed by atoms with Crippen LogP contribution in [0.5, 0.6) is 0 Å². The van der Waals surface area contributed by atoms with Crippen LogP contribution in [0.2, 0.25) is 0 Å². The molecular formula is C21H27N7O2. The number of carbonyl (C=O) groups is 1. The van der Waals surface area contributed by atoms with Crippen LogP contribution in [0.3, 0.4) is 0 Å². The van der Waals surface area contributed by atoms with Crippen LogP contribution in [-0.4, -0.2) is 56.7 Å². The number of hydrogen-bond donors (Lipinski definition) is 2. The standard InChI is InChI=1S/C21H27N7O2/c1-13-8-14(2)28(26-13)19-9-18(24-21(25-19)17-5-4-15(3)30-17)23-20(29)12-27-7-6-16(10-22)11-27/h4-5,8-9,16H,6-7,10-12,22H2,1-3H3,(H,23,24,25,29)/t16-/m1/s1. The van der Waals surface area contributed by atoms with Crippen molar-refractivity contribution in [3.05, 3.63) is 41.4 Å². The number of amides is 1. The molecule has 0 aromatic carbocycles. The monoisotopic (exact) mass is 409 g/mol.